The molecule has 0 aromatic heterocycles. The van der Waals surface area contributed by atoms with Crippen LogP contribution in [-0.2, 0) is 4.79 Å². The number of nitrogens with one attached hydrogen (secondary N) is 3. The van der Waals surface area contributed by atoms with Crippen LogP contribution in [0.5, 0.6) is 0 Å². The molecule has 3 N–H and O–H groups in total. The van der Waals surface area contributed by atoms with Crippen LogP contribution >= 0.6 is 35.4 Å². The molecule has 1 unspecified atom stereocenters. The molecule has 2 aromatic rings. The van der Waals surface area contributed by atoms with Gasteiger partial charge in [0.15, 0.2) is 5.11 Å². The second kappa shape index (κ2) is 7.66. The minimum absolute atomic E-state index is 0.232. The smallest absolute Gasteiger partial charge is 0.255 e. The number of amides is 1. The van der Waals surface area contributed by atoms with E-state index in [-0.39, 0.29) is 5.91 Å². The molecule has 4 nitrogen and oxygen atoms in total. The molecule has 134 valence electrons. The number of halogens is 2. The zero-order chi connectivity index (χ0) is 18.8. The molecule has 0 saturated carbocycles. The molecule has 0 radical (unpaired) electrons. The van der Waals surface area contributed by atoms with Gasteiger partial charge in [-0.3, -0.25) is 4.79 Å². The number of carbonyl (C=O) groups excluding carboxylic acids is 1. The van der Waals surface area contributed by atoms with Crippen molar-refractivity contribution in [1.82, 2.24) is 10.6 Å². The second-order valence-electron chi connectivity index (χ2n) is 6.06. The van der Waals surface area contributed by atoms with E-state index in [1.807, 2.05) is 38.1 Å². The highest BCUT2D eigenvalue weighted by Gasteiger charge is 2.31. The van der Waals surface area contributed by atoms with Gasteiger partial charge in [-0.2, -0.15) is 0 Å². The van der Waals surface area contributed by atoms with Crippen molar-refractivity contribution in [3.63, 3.8) is 0 Å². The molecular weight excluding hydrogens is 389 g/mol. The third-order valence-electron chi connectivity index (χ3n) is 4.10. The molecule has 0 aliphatic carbocycles. The molecule has 1 amide bonds. The Hall–Kier alpha value is -2.08. The number of anilines is 1. The minimum atomic E-state index is -0.473. The molecule has 0 saturated heterocycles. The quantitative estimate of drug-likeness (QED) is 0.645. The van der Waals surface area contributed by atoms with Crippen LogP contribution in [0.1, 0.15) is 24.1 Å². The van der Waals surface area contributed by atoms with Crippen LogP contribution < -0.4 is 16.0 Å². The highest BCUT2D eigenvalue weighted by Crippen LogP contribution is 2.33. The summed E-state index contributed by atoms with van der Waals surface area (Å²) in [5.41, 5.74) is 3.76. The number of rotatable bonds is 3. The van der Waals surface area contributed by atoms with Crippen molar-refractivity contribution < 1.29 is 4.79 Å². The lowest BCUT2D eigenvalue weighted by Crippen LogP contribution is -2.45. The number of thiocarbonyl (C=S) groups is 1. The average Bonchev–Trinajstić information content (AvgIpc) is 2.56. The number of benzene rings is 2. The minimum Gasteiger partial charge on any atom is -0.351 e. The summed E-state index contributed by atoms with van der Waals surface area (Å²) in [6.45, 7) is 3.81. The fourth-order valence-corrected chi connectivity index (χ4v) is 3.59. The van der Waals surface area contributed by atoms with E-state index >= 15 is 0 Å². The molecular formula is C19H17Cl2N3OS. The fourth-order valence-electron chi connectivity index (χ4n) is 2.80. The Bertz CT molecular complexity index is 910. The summed E-state index contributed by atoms with van der Waals surface area (Å²) in [7, 11) is 0. The normalized spacial score (nSPS) is 16.8. The van der Waals surface area contributed by atoms with Gasteiger partial charge < -0.3 is 16.0 Å². The monoisotopic (exact) mass is 405 g/mol. The van der Waals surface area contributed by atoms with Crippen molar-refractivity contribution in [2.75, 3.05) is 5.32 Å². The van der Waals surface area contributed by atoms with Crippen molar-refractivity contribution in [3.8, 4) is 0 Å². The Morgan fingerprint density at radius 2 is 1.81 bits per heavy atom. The summed E-state index contributed by atoms with van der Waals surface area (Å²) in [5.74, 6) is -0.232. The summed E-state index contributed by atoms with van der Waals surface area (Å²) in [6, 6.07) is 12.3. The molecule has 0 bridgehead atoms. The van der Waals surface area contributed by atoms with Gasteiger partial charge in [-0.25, -0.2) is 0 Å². The van der Waals surface area contributed by atoms with Gasteiger partial charge in [0, 0.05) is 21.4 Å². The maximum absolute atomic E-state index is 13.0. The number of allylic oxidation sites excluding steroid dienone is 1. The summed E-state index contributed by atoms with van der Waals surface area (Å²) in [4.78, 5) is 13.0. The first-order chi connectivity index (χ1) is 12.3. The lowest BCUT2D eigenvalue weighted by molar-refractivity contribution is -0.113. The average molecular weight is 406 g/mol. The Kier molecular flexibility index (Phi) is 5.51. The Labute approximate surface area is 167 Å². The SMILES string of the molecule is CC1=C(C(=O)Nc2ccc(C)cc2)C(c2ccc(Cl)cc2Cl)NC(=S)N1. The third kappa shape index (κ3) is 4.01. The predicted molar refractivity (Wildman–Crippen MR) is 111 cm³/mol. The van der Waals surface area contributed by atoms with Gasteiger partial charge in [0.2, 0.25) is 0 Å². The van der Waals surface area contributed by atoms with Crippen LogP contribution in [0, 0.1) is 6.92 Å². The van der Waals surface area contributed by atoms with Gasteiger partial charge >= 0.3 is 0 Å². The second-order valence-corrected chi connectivity index (χ2v) is 7.31. The summed E-state index contributed by atoms with van der Waals surface area (Å²) < 4.78 is 0. The van der Waals surface area contributed by atoms with E-state index in [9.17, 15) is 4.79 Å². The summed E-state index contributed by atoms with van der Waals surface area (Å²) in [5, 5.41) is 10.5. The molecule has 1 aliphatic rings. The third-order valence-corrected chi connectivity index (χ3v) is 4.88. The standard InChI is InChI=1S/C19H17Cl2N3OS/c1-10-3-6-13(7-4-10)23-18(25)16-11(2)22-19(26)24-17(16)14-8-5-12(20)9-15(14)21/h3-9,17H,1-2H3,(H,23,25)(H2,22,24,26). The number of hydrogen-bond donors (Lipinski definition) is 3. The lowest BCUT2D eigenvalue weighted by Gasteiger charge is -2.31. The predicted octanol–water partition coefficient (Wildman–Crippen LogP) is 4.73. The van der Waals surface area contributed by atoms with Crippen molar-refractivity contribution in [1.29, 1.82) is 0 Å². The maximum Gasteiger partial charge on any atom is 0.255 e. The van der Waals surface area contributed by atoms with E-state index in [2.05, 4.69) is 16.0 Å². The lowest BCUT2D eigenvalue weighted by atomic mass is 9.95. The van der Waals surface area contributed by atoms with Gasteiger partial charge in [0.05, 0.1) is 11.6 Å². The topological polar surface area (TPSA) is 53.2 Å². The van der Waals surface area contributed by atoms with Crippen LogP contribution in [0.3, 0.4) is 0 Å². The van der Waals surface area contributed by atoms with Crippen LogP contribution in [0.25, 0.3) is 0 Å². The van der Waals surface area contributed by atoms with Gasteiger partial charge in [0.25, 0.3) is 5.91 Å². The molecule has 1 heterocycles. The van der Waals surface area contributed by atoms with E-state index in [4.69, 9.17) is 35.4 Å². The fraction of sp³-hybridized carbons (Fsp3) is 0.158. The molecule has 7 heteroatoms. The largest absolute Gasteiger partial charge is 0.351 e. The van der Waals surface area contributed by atoms with Gasteiger partial charge in [-0.05, 0) is 55.9 Å². The van der Waals surface area contributed by atoms with Crippen molar-refractivity contribution in [2.24, 2.45) is 0 Å². The summed E-state index contributed by atoms with van der Waals surface area (Å²) >= 11 is 17.6. The first kappa shape index (κ1) is 18.7. The van der Waals surface area contributed by atoms with E-state index in [0.717, 1.165) is 16.8 Å². The van der Waals surface area contributed by atoms with Gasteiger partial charge in [0.1, 0.15) is 0 Å². The molecule has 26 heavy (non-hydrogen) atoms. The van der Waals surface area contributed by atoms with Crippen molar-refractivity contribution in [3.05, 3.63) is 74.9 Å². The molecule has 1 atom stereocenters. The zero-order valence-corrected chi connectivity index (χ0v) is 16.5. The zero-order valence-electron chi connectivity index (χ0n) is 14.2. The summed E-state index contributed by atoms with van der Waals surface area (Å²) in [6.07, 6.45) is 0. The number of carbonyl (C=O) groups is 1. The Morgan fingerprint density at radius 1 is 1.12 bits per heavy atom. The Morgan fingerprint density at radius 3 is 2.46 bits per heavy atom. The maximum atomic E-state index is 13.0. The van der Waals surface area contributed by atoms with Crippen LogP contribution in [0.2, 0.25) is 10.0 Å². The molecule has 1 aliphatic heterocycles. The van der Waals surface area contributed by atoms with Crippen molar-refractivity contribution >= 4 is 52.1 Å². The van der Waals surface area contributed by atoms with Crippen LogP contribution in [0.15, 0.2) is 53.7 Å². The van der Waals surface area contributed by atoms with Gasteiger partial charge in [-0.15, -0.1) is 0 Å². The first-order valence-electron chi connectivity index (χ1n) is 7.96. The molecule has 2 aromatic carbocycles. The Balaban J connectivity index is 1.97. The number of hydrogen-bond acceptors (Lipinski definition) is 2. The van der Waals surface area contributed by atoms with E-state index in [0.29, 0.717) is 26.4 Å². The van der Waals surface area contributed by atoms with E-state index in [1.165, 1.54) is 0 Å². The molecule has 3 rings (SSSR count). The first-order valence-corrected chi connectivity index (χ1v) is 9.13. The van der Waals surface area contributed by atoms with E-state index in [1.54, 1.807) is 18.2 Å². The molecule has 0 spiro atoms. The highest BCUT2D eigenvalue weighted by atomic mass is 35.5. The number of aryl methyl sites for hydroxylation is 1. The van der Waals surface area contributed by atoms with Gasteiger partial charge in [-0.1, -0.05) is 47.0 Å². The highest BCUT2D eigenvalue weighted by molar-refractivity contribution is 7.80. The van der Waals surface area contributed by atoms with Crippen LogP contribution in [0.4, 0.5) is 5.69 Å². The van der Waals surface area contributed by atoms with Crippen molar-refractivity contribution in [2.45, 2.75) is 19.9 Å². The van der Waals surface area contributed by atoms with E-state index < -0.39 is 6.04 Å². The molecule has 0 fully saturated rings. The van der Waals surface area contributed by atoms with Crippen LogP contribution in [-0.4, -0.2) is 11.0 Å².